The summed E-state index contributed by atoms with van der Waals surface area (Å²) in [5, 5.41) is 13.4. The number of carboxylic acid groups (broad SMARTS) is 1. The van der Waals surface area contributed by atoms with Crippen LogP contribution in [-0.2, 0) is 11.3 Å². The van der Waals surface area contributed by atoms with Crippen molar-refractivity contribution in [1.82, 2.24) is 14.7 Å². The Kier molecular flexibility index (Phi) is 4.74. The Bertz CT molecular complexity index is 710. The van der Waals surface area contributed by atoms with Crippen molar-refractivity contribution in [3.63, 3.8) is 0 Å². The molecule has 0 bridgehead atoms. The number of aliphatic carboxylic acids is 1. The lowest BCUT2D eigenvalue weighted by molar-refractivity contribution is -0.187. The molecule has 0 unspecified atom stereocenters. The highest BCUT2D eigenvalue weighted by Crippen LogP contribution is 2.43. The van der Waals surface area contributed by atoms with Crippen LogP contribution < -0.4 is 0 Å². The van der Waals surface area contributed by atoms with Crippen molar-refractivity contribution >= 4 is 11.9 Å². The number of rotatable bonds is 5. The minimum atomic E-state index is -4.65. The van der Waals surface area contributed by atoms with Gasteiger partial charge in [-0.15, -0.1) is 0 Å². The smallest absolute Gasteiger partial charge is 0.394 e. The highest BCUT2D eigenvalue weighted by atomic mass is 19.4. The van der Waals surface area contributed by atoms with Crippen molar-refractivity contribution < 1.29 is 27.9 Å². The van der Waals surface area contributed by atoms with Gasteiger partial charge in [-0.1, -0.05) is 13.8 Å². The van der Waals surface area contributed by atoms with E-state index in [1.807, 2.05) is 13.8 Å². The summed E-state index contributed by atoms with van der Waals surface area (Å²) in [5.74, 6) is -5.24. The van der Waals surface area contributed by atoms with E-state index in [0.29, 0.717) is 18.0 Å². The van der Waals surface area contributed by atoms with Gasteiger partial charge in [0.15, 0.2) is 0 Å². The fourth-order valence-corrected chi connectivity index (χ4v) is 3.56. The number of nitrogens with zero attached hydrogens (tertiary/aromatic N) is 3. The first-order valence-electron chi connectivity index (χ1n) is 8.74. The number of halogens is 3. The van der Waals surface area contributed by atoms with Crippen LogP contribution in [0.3, 0.4) is 0 Å². The largest absolute Gasteiger partial charge is 0.481 e. The molecule has 1 saturated carbocycles. The van der Waals surface area contributed by atoms with Gasteiger partial charge in [0, 0.05) is 25.6 Å². The molecule has 0 radical (unpaired) electrons. The molecule has 0 spiro atoms. The van der Waals surface area contributed by atoms with Crippen LogP contribution in [0.25, 0.3) is 0 Å². The zero-order valence-electron chi connectivity index (χ0n) is 14.7. The number of carbonyl (C=O) groups is 2. The van der Waals surface area contributed by atoms with Crippen molar-refractivity contribution in [2.24, 2.45) is 17.8 Å². The second-order valence-electron chi connectivity index (χ2n) is 7.60. The van der Waals surface area contributed by atoms with Crippen LogP contribution in [0.5, 0.6) is 0 Å². The maximum atomic E-state index is 13.2. The molecule has 2 atom stereocenters. The summed E-state index contributed by atoms with van der Waals surface area (Å²) in [6.07, 6.45) is -1.39. The average Bonchev–Trinajstić information content (AvgIpc) is 3.09. The Morgan fingerprint density at radius 1 is 1.31 bits per heavy atom. The summed E-state index contributed by atoms with van der Waals surface area (Å²) >= 11 is 0. The number of amides is 1. The van der Waals surface area contributed by atoms with Crippen molar-refractivity contribution in [2.75, 3.05) is 13.1 Å². The molecule has 0 aromatic carbocycles. The molecule has 1 amide bonds. The van der Waals surface area contributed by atoms with Crippen LogP contribution >= 0.6 is 0 Å². The van der Waals surface area contributed by atoms with Crippen LogP contribution in [0, 0.1) is 17.8 Å². The quantitative estimate of drug-likeness (QED) is 0.861. The molecule has 144 valence electrons. The van der Waals surface area contributed by atoms with Crippen molar-refractivity contribution in [1.29, 1.82) is 0 Å². The minimum absolute atomic E-state index is 0.200. The summed E-state index contributed by atoms with van der Waals surface area (Å²) in [5.41, 5.74) is 1.08. The van der Waals surface area contributed by atoms with Gasteiger partial charge in [-0.25, -0.2) is 0 Å². The topological polar surface area (TPSA) is 75.4 Å². The molecular weight excluding hydrogens is 351 g/mol. The number of aromatic nitrogens is 2. The van der Waals surface area contributed by atoms with E-state index in [9.17, 15) is 22.8 Å². The van der Waals surface area contributed by atoms with Crippen LogP contribution in [0.4, 0.5) is 13.2 Å². The zero-order valence-corrected chi connectivity index (χ0v) is 14.7. The van der Waals surface area contributed by atoms with Crippen molar-refractivity contribution in [3.8, 4) is 0 Å². The number of hydrogen-bond donors (Lipinski definition) is 1. The van der Waals surface area contributed by atoms with Gasteiger partial charge in [-0.3, -0.25) is 14.3 Å². The maximum absolute atomic E-state index is 13.2. The van der Waals surface area contributed by atoms with Crippen LogP contribution in [-0.4, -0.2) is 50.9 Å². The first-order chi connectivity index (χ1) is 12.1. The third kappa shape index (κ3) is 3.57. The standard InChI is InChI=1S/C17H22F3N3O3/c1-9(2)6-23-14(10-3-4-10)11(5-21-23)15(24)22-7-12(16(25)26)13(8-22)17(18,19)20/h5,9-10,12-13H,3-4,6-8H2,1-2H3,(H,25,26)/t12-,13-/m1/s1. The second kappa shape index (κ2) is 6.59. The number of carboxylic acids is 1. The van der Waals surface area contributed by atoms with Gasteiger partial charge in [0.25, 0.3) is 5.91 Å². The Labute approximate surface area is 149 Å². The Morgan fingerprint density at radius 3 is 2.42 bits per heavy atom. The van der Waals surface area contributed by atoms with E-state index in [1.165, 1.54) is 6.20 Å². The molecule has 1 saturated heterocycles. The van der Waals surface area contributed by atoms with Gasteiger partial charge in [0.2, 0.25) is 0 Å². The molecule has 1 N–H and O–H groups in total. The van der Waals surface area contributed by atoms with E-state index >= 15 is 0 Å². The van der Waals surface area contributed by atoms with Gasteiger partial charge in [-0.2, -0.15) is 18.3 Å². The molecular formula is C17H22F3N3O3. The number of likely N-dealkylation sites (tertiary alicyclic amines) is 1. The van der Waals surface area contributed by atoms with Gasteiger partial charge in [-0.05, 0) is 18.8 Å². The molecule has 2 fully saturated rings. The summed E-state index contributed by atoms with van der Waals surface area (Å²) in [6.45, 7) is 3.61. The van der Waals surface area contributed by atoms with E-state index in [2.05, 4.69) is 5.10 Å². The number of hydrogen-bond acceptors (Lipinski definition) is 3. The summed E-state index contributed by atoms with van der Waals surface area (Å²) in [6, 6.07) is 0. The molecule has 1 aliphatic heterocycles. The summed E-state index contributed by atoms with van der Waals surface area (Å²) < 4.78 is 41.2. The van der Waals surface area contributed by atoms with Gasteiger partial charge >= 0.3 is 12.1 Å². The number of carbonyl (C=O) groups excluding carboxylic acids is 1. The van der Waals surface area contributed by atoms with Crippen LogP contribution in [0.1, 0.15) is 48.7 Å². The normalized spacial score (nSPS) is 23.7. The fraction of sp³-hybridized carbons (Fsp3) is 0.706. The van der Waals surface area contributed by atoms with E-state index < -0.39 is 43.0 Å². The highest BCUT2D eigenvalue weighted by molar-refractivity contribution is 5.96. The molecule has 1 aromatic rings. The zero-order chi connectivity index (χ0) is 19.2. The Hall–Kier alpha value is -2.06. The number of alkyl halides is 3. The van der Waals surface area contributed by atoms with E-state index in [-0.39, 0.29) is 5.92 Å². The molecule has 6 nitrogen and oxygen atoms in total. The van der Waals surface area contributed by atoms with Gasteiger partial charge in [0.1, 0.15) is 0 Å². The monoisotopic (exact) mass is 373 g/mol. The van der Waals surface area contributed by atoms with E-state index in [1.54, 1.807) is 4.68 Å². The molecule has 1 aromatic heterocycles. The van der Waals surface area contributed by atoms with Crippen LogP contribution in [0.15, 0.2) is 6.20 Å². The summed E-state index contributed by atoms with van der Waals surface area (Å²) in [4.78, 5) is 25.1. The predicted molar refractivity (Wildman–Crippen MR) is 85.6 cm³/mol. The van der Waals surface area contributed by atoms with Gasteiger partial charge < -0.3 is 10.0 Å². The fourth-order valence-electron chi connectivity index (χ4n) is 3.56. The van der Waals surface area contributed by atoms with Gasteiger partial charge in [0.05, 0.1) is 29.3 Å². The lowest BCUT2D eigenvalue weighted by atomic mass is 9.96. The second-order valence-corrected chi connectivity index (χ2v) is 7.60. The Morgan fingerprint density at radius 2 is 1.96 bits per heavy atom. The molecule has 9 heteroatoms. The Balaban J connectivity index is 1.86. The lowest BCUT2D eigenvalue weighted by Crippen LogP contribution is -2.34. The molecule has 3 rings (SSSR count). The van der Waals surface area contributed by atoms with E-state index in [4.69, 9.17) is 5.11 Å². The molecule has 26 heavy (non-hydrogen) atoms. The van der Waals surface area contributed by atoms with Crippen molar-refractivity contribution in [2.45, 2.75) is 45.3 Å². The molecule has 2 heterocycles. The minimum Gasteiger partial charge on any atom is -0.481 e. The SMILES string of the molecule is CC(C)Cn1ncc(C(=O)N2C[C@@H](C(F)(F)F)[C@H](C(=O)O)C2)c1C1CC1. The van der Waals surface area contributed by atoms with Crippen molar-refractivity contribution in [3.05, 3.63) is 17.5 Å². The third-order valence-electron chi connectivity index (χ3n) is 4.96. The predicted octanol–water partition coefficient (Wildman–Crippen LogP) is 2.75. The van der Waals surface area contributed by atoms with E-state index in [0.717, 1.165) is 23.4 Å². The first-order valence-corrected chi connectivity index (χ1v) is 8.74. The molecule has 1 aliphatic carbocycles. The first kappa shape index (κ1) is 18.7. The average molecular weight is 373 g/mol. The summed E-state index contributed by atoms with van der Waals surface area (Å²) in [7, 11) is 0. The molecule has 2 aliphatic rings. The van der Waals surface area contributed by atoms with Crippen LogP contribution in [0.2, 0.25) is 0 Å². The lowest BCUT2D eigenvalue weighted by Gasteiger charge is -2.18. The highest BCUT2D eigenvalue weighted by Gasteiger charge is 2.54. The maximum Gasteiger partial charge on any atom is 0.394 e. The third-order valence-corrected chi connectivity index (χ3v) is 4.96.